The van der Waals surface area contributed by atoms with Gasteiger partial charge in [-0.2, -0.15) is 0 Å². The summed E-state index contributed by atoms with van der Waals surface area (Å²) in [7, 11) is 0. The van der Waals surface area contributed by atoms with E-state index >= 15 is 0 Å². The van der Waals surface area contributed by atoms with Gasteiger partial charge in [0.2, 0.25) is 5.71 Å². The summed E-state index contributed by atoms with van der Waals surface area (Å²) in [5, 5.41) is 10.5. The number of rotatable bonds is 6. The summed E-state index contributed by atoms with van der Waals surface area (Å²) in [5.74, 6) is 0. The fraction of sp³-hybridized carbons (Fsp3) is 0. The molecule has 0 unspecified atom stereocenters. The van der Waals surface area contributed by atoms with Crippen molar-refractivity contribution in [2.45, 2.75) is 0 Å². The van der Waals surface area contributed by atoms with Crippen LogP contribution < -0.4 is 4.90 Å². The van der Waals surface area contributed by atoms with E-state index in [4.69, 9.17) is 8.83 Å². The molecule has 0 saturated heterocycles. The summed E-state index contributed by atoms with van der Waals surface area (Å²) in [4.78, 5) is 2.38. The molecule has 3 aromatic heterocycles. The van der Waals surface area contributed by atoms with Crippen molar-refractivity contribution in [1.82, 2.24) is 4.57 Å². The Bertz CT molecular complexity index is 3870. The number of hydrogen-bond donors (Lipinski definition) is 0. The lowest BCUT2D eigenvalue weighted by molar-refractivity contribution is 0.645. The first kappa shape index (κ1) is 34.5. The molecule has 4 nitrogen and oxygen atoms in total. The molecular formula is C58H36N2O2. The van der Waals surface area contributed by atoms with E-state index in [0.717, 1.165) is 88.8 Å². The number of furan rings is 2. The van der Waals surface area contributed by atoms with Crippen molar-refractivity contribution in [3.05, 3.63) is 218 Å². The molecule has 62 heavy (non-hydrogen) atoms. The topological polar surface area (TPSA) is 34.5 Å². The van der Waals surface area contributed by atoms with Gasteiger partial charge < -0.3 is 13.7 Å². The molecule has 0 aliphatic carbocycles. The molecule has 0 fully saturated rings. The van der Waals surface area contributed by atoms with Crippen LogP contribution in [0.25, 0.3) is 104 Å². The molecule has 290 valence electrons. The Labute approximate surface area is 356 Å². The highest BCUT2D eigenvalue weighted by molar-refractivity contribution is 6.20. The zero-order valence-electron chi connectivity index (χ0n) is 33.5. The van der Waals surface area contributed by atoms with Gasteiger partial charge in [-0.25, -0.2) is 0 Å². The van der Waals surface area contributed by atoms with E-state index in [0.29, 0.717) is 0 Å². The second-order valence-electron chi connectivity index (χ2n) is 16.1. The molecule has 0 spiro atoms. The average Bonchev–Trinajstić information content (AvgIpc) is 4.00. The van der Waals surface area contributed by atoms with Gasteiger partial charge >= 0.3 is 0 Å². The van der Waals surface area contributed by atoms with Crippen LogP contribution in [0.1, 0.15) is 0 Å². The first-order valence-corrected chi connectivity index (χ1v) is 21.1. The first-order chi connectivity index (χ1) is 30.7. The molecule has 10 aromatic carbocycles. The molecule has 13 rings (SSSR count). The number of nitrogens with zero attached hydrogens (tertiary/aromatic N) is 2. The van der Waals surface area contributed by atoms with Crippen molar-refractivity contribution in [3.63, 3.8) is 0 Å². The molecule has 0 radical (unpaired) electrons. The zero-order chi connectivity index (χ0) is 40.7. The summed E-state index contributed by atoms with van der Waals surface area (Å²) >= 11 is 0. The molecule has 0 aliphatic rings. The maximum Gasteiger partial charge on any atom is 0.213 e. The Hall–Kier alpha value is -8.34. The maximum absolute atomic E-state index is 6.59. The van der Waals surface area contributed by atoms with Gasteiger partial charge in [0.15, 0.2) is 0 Å². The highest BCUT2D eigenvalue weighted by atomic mass is 16.3. The fourth-order valence-corrected chi connectivity index (χ4v) is 9.67. The Balaban J connectivity index is 0.967. The fourth-order valence-electron chi connectivity index (χ4n) is 9.67. The SMILES string of the molecule is c1ccc2cc(-c3ccc(N(c4ccc(-n5c6ccccc6c6c7ccccc7oc65)cc4)c4ccc(-c5ccc6c(c5)oc5ccccc56)c5ccccc45)cc3)ccc2c1. The lowest BCUT2D eigenvalue weighted by Gasteiger charge is -2.28. The lowest BCUT2D eigenvalue weighted by Crippen LogP contribution is -2.11. The zero-order valence-corrected chi connectivity index (χ0v) is 33.5. The van der Waals surface area contributed by atoms with Crippen molar-refractivity contribution in [3.8, 4) is 27.9 Å². The van der Waals surface area contributed by atoms with Gasteiger partial charge in [0, 0.05) is 44.0 Å². The van der Waals surface area contributed by atoms with Crippen LogP contribution in [0.5, 0.6) is 0 Å². The first-order valence-electron chi connectivity index (χ1n) is 21.1. The van der Waals surface area contributed by atoms with Crippen molar-refractivity contribution in [1.29, 1.82) is 0 Å². The molecule has 0 atom stereocenters. The van der Waals surface area contributed by atoms with Gasteiger partial charge in [-0.1, -0.05) is 140 Å². The third-order valence-corrected chi connectivity index (χ3v) is 12.6. The normalized spacial score (nSPS) is 11.9. The van der Waals surface area contributed by atoms with E-state index in [9.17, 15) is 0 Å². The van der Waals surface area contributed by atoms with Gasteiger partial charge in [0.1, 0.15) is 16.7 Å². The van der Waals surface area contributed by atoms with E-state index in [2.05, 4.69) is 204 Å². The Morgan fingerprint density at radius 2 is 0.952 bits per heavy atom. The summed E-state index contributed by atoms with van der Waals surface area (Å²) in [5.41, 5.74) is 13.5. The van der Waals surface area contributed by atoms with Crippen molar-refractivity contribution in [2.24, 2.45) is 0 Å². The average molecular weight is 793 g/mol. The third-order valence-electron chi connectivity index (χ3n) is 12.6. The third kappa shape index (κ3) is 5.33. The number of fused-ring (bicyclic) bond motifs is 10. The molecule has 0 aliphatic heterocycles. The highest BCUT2D eigenvalue weighted by Crippen LogP contribution is 2.45. The predicted octanol–water partition coefficient (Wildman–Crippen LogP) is 16.5. The molecule has 0 N–H and O–H groups in total. The van der Waals surface area contributed by atoms with Crippen LogP contribution in [0.4, 0.5) is 17.1 Å². The molecule has 13 aromatic rings. The minimum Gasteiger partial charge on any atom is -0.456 e. The molecule has 3 heterocycles. The van der Waals surface area contributed by atoms with Crippen LogP contribution in [-0.2, 0) is 0 Å². The monoisotopic (exact) mass is 792 g/mol. The summed E-state index contributed by atoms with van der Waals surface area (Å²) in [6.45, 7) is 0. The second kappa shape index (κ2) is 13.6. The summed E-state index contributed by atoms with van der Waals surface area (Å²) < 4.78 is 15.2. The molecular weight excluding hydrogens is 757 g/mol. The number of aromatic nitrogens is 1. The summed E-state index contributed by atoms with van der Waals surface area (Å²) in [6, 6.07) is 78.1. The number of para-hydroxylation sites is 3. The Morgan fingerprint density at radius 3 is 1.76 bits per heavy atom. The van der Waals surface area contributed by atoms with Crippen LogP contribution in [0, 0.1) is 0 Å². The van der Waals surface area contributed by atoms with Crippen molar-refractivity contribution in [2.75, 3.05) is 4.90 Å². The standard InChI is InChI=1S/C58H36N2O2/c1-2-12-39-35-40(22-21-37(39)11-1)38-23-26-42(27-24-38)59(43-28-30-44(31-29-43)60-52-18-8-5-16-50(52)57-51-17-7-10-20-55(51)62-58(57)60)53-34-33-45(46-13-3-4-14-47(46)53)41-25-32-49-48-15-6-9-19-54(48)61-56(49)36-41/h1-36H. The van der Waals surface area contributed by atoms with Gasteiger partial charge in [0.05, 0.1) is 16.6 Å². The number of benzene rings is 10. The minimum atomic E-state index is 0.851. The maximum atomic E-state index is 6.59. The molecule has 0 saturated carbocycles. The second-order valence-corrected chi connectivity index (χ2v) is 16.1. The van der Waals surface area contributed by atoms with E-state index in [-0.39, 0.29) is 0 Å². The molecule has 0 amide bonds. The quantitative estimate of drug-likeness (QED) is 0.168. The highest BCUT2D eigenvalue weighted by Gasteiger charge is 2.21. The molecule has 4 heteroatoms. The molecule has 0 bridgehead atoms. The lowest BCUT2D eigenvalue weighted by atomic mass is 9.95. The van der Waals surface area contributed by atoms with Crippen LogP contribution in [-0.4, -0.2) is 4.57 Å². The van der Waals surface area contributed by atoms with Crippen LogP contribution in [0.3, 0.4) is 0 Å². The largest absolute Gasteiger partial charge is 0.456 e. The van der Waals surface area contributed by atoms with E-state index < -0.39 is 0 Å². The van der Waals surface area contributed by atoms with Gasteiger partial charge in [-0.15, -0.1) is 0 Å². The van der Waals surface area contributed by atoms with E-state index in [1.807, 2.05) is 24.3 Å². The summed E-state index contributed by atoms with van der Waals surface area (Å²) in [6.07, 6.45) is 0. The minimum absolute atomic E-state index is 0.851. The van der Waals surface area contributed by atoms with E-state index in [1.165, 1.54) is 32.7 Å². The Morgan fingerprint density at radius 1 is 0.355 bits per heavy atom. The van der Waals surface area contributed by atoms with Gasteiger partial charge in [-0.3, -0.25) is 4.57 Å². The van der Waals surface area contributed by atoms with E-state index in [1.54, 1.807) is 0 Å². The predicted molar refractivity (Wildman–Crippen MR) is 258 cm³/mol. The van der Waals surface area contributed by atoms with Crippen LogP contribution in [0.2, 0.25) is 0 Å². The number of anilines is 3. The van der Waals surface area contributed by atoms with Gasteiger partial charge in [-0.05, 0) is 117 Å². The van der Waals surface area contributed by atoms with Crippen molar-refractivity contribution >= 4 is 93.5 Å². The Kier molecular flexibility index (Phi) is 7.57. The van der Waals surface area contributed by atoms with Crippen LogP contribution in [0.15, 0.2) is 227 Å². The smallest absolute Gasteiger partial charge is 0.213 e. The van der Waals surface area contributed by atoms with Gasteiger partial charge in [0.25, 0.3) is 0 Å². The van der Waals surface area contributed by atoms with Crippen LogP contribution >= 0.6 is 0 Å². The number of hydrogen-bond acceptors (Lipinski definition) is 3. The van der Waals surface area contributed by atoms with Crippen molar-refractivity contribution < 1.29 is 8.83 Å².